The average molecular weight is 289 g/mol. The molecule has 0 unspecified atom stereocenters. The van der Waals surface area contributed by atoms with E-state index in [1.807, 2.05) is 0 Å². The standard InChI is InChI=1S/C10H12FN3O4S/c1-19(17,18)5-9(15)13-8-3-2-6(4-7(8)11)10(12)14-16/h2-4,16H,5H2,1H3,(H2,12,14)(H,13,15). The van der Waals surface area contributed by atoms with Crippen LogP contribution in [0.3, 0.4) is 0 Å². The molecule has 0 aliphatic carbocycles. The lowest BCUT2D eigenvalue weighted by molar-refractivity contribution is -0.113. The summed E-state index contributed by atoms with van der Waals surface area (Å²) in [5.74, 6) is -2.70. The Bertz CT molecular complexity index is 628. The van der Waals surface area contributed by atoms with Crippen molar-refractivity contribution in [1.29, 1.82) is 0 Å². The highest BCUT2D eigenvalue weighted by Gasteiger charge is 2.13. The molecule has 1 aromatic rings. The van der Waals surface area contributed by atoms with Gasteiger partial charge < -0.3 is 16.3 Å². The monoisotopic (exact) mass is 289 g/mol. The van der Waals surface area contributed by atoms with Gasteiger partial charge in [0.1, 0.15) is 11.6 Å². The molecule has 4 N–H and O–H groups in total. The Kier molecular flexibility index (Phi) is 4.43. The van der Waals surface area contributed by atoms with Gasteiger partial charge in [-0.2, -0.15) is 0 Å². The third kappa shape index (κ3) is 4.54. The number of nitrogens with zero attached hydrogens (tertiary/aromatic N) is 1. The maximum atomic E-state index is 13.6. The molecule has 0 atom stereocenters. The van der Waals surface area contributed by atoms with Crippen LogP contribution in [0.15, 0.2) is 23.4 Å². The quantitative estimate of drug-likeness (QED) is 0.309. The van der Waals surface area contributed by atoms with Gasteiger partial charge in [0.25, 0.3) is 0 Å². The molecule has 19 heavy (non-hydrogen) atoms. The van der Waals surface area contributed by atoms with E-state index < -0.39 is 27.3 Å². The van der Waals surface area contributed by atoms with Crippen LogP contribution >= 0.6 is 0 Å². The van der Waals surface area contributed by atoms with Gasteiger partial charge in [-0.3, -0.25) is 4.79 Å². The number of anilines is 1. The lowest BCUT2D eigenvalue weighted by atomic mass is 10.2. The van der Waals surface area contributed by atoms with Gasteiger partial charge in [0.2, 0.25) is 5.91 Å². The van der Waals surface area contributed by atoms with Gasteiger partial charge in [0.05, 0.1) is 5.69 Å². The van der Waals surface area contributed by atoms with Crippen molar-refractivity contribution in [3.05, 3.63) is 29.6 Å². The number of rotatable bonds is 4. The molecule has 1 amide bonds. The number of hydrogen-bond acceptors (Lipinski definition) is 5. The summed E-state index contributed by atoms with van der Waals surface area (Å²) in [6.45, 7) is 0. The molecule has 0 heterocycles. The Balaban J connectivity index is 2.90. The van der Waals surface area contributed by atoms with Crippen molar-refractivity contribution in [3.8, 4) is 0 Å². The molecular weight excluding hydrogens is 277 g/mol. The molecule has 0 aromatic heterocycles. The fourth-order valence-electron chi connectivity index (χ4n) is 1.26. The molecule has 7 nitrogen and oxygen atoms in total. The molecule has 1 aromatic carbocycles. The fraction of sp³-hybridized carbons (Fsp3) is 0.200. The van der Waals surface area contributed by atoms with Crippen molar-refractivity contribution >= 4 is 27.3 Å². The Morgan fingerprint density at radius 1 is 1.53 bits per heavy atom. The number of halogens is 1. The fourth-order valence-corrected chi connectivity index (χ4v) is 1.81. The van der Waals surface area contributed by atoms with Crippen LogP contribution in [-0.2, 0) is 14.6 Å². The normalized spacial score (nSPS) is 12.2. The summed E-state index contributed by atoms with van der Waals surface area (Å²) in [7, 11) is -3.49. The molecule has 0 fully saturated rings. The van der Waals surface area contributed by atoms with Crippen LogP contribution in [0.5, 0.6) is 0 Å². The lowest BCUT2D eigenvalue weighted by Crippen LogP contribution is -2.22. The molecular formula is C10H12FN3O4S. The number of nitrogens with one attached hydrogen (secondary N) is 1. The number of nitrogens with two attached hydrogens (primary N) is 1. The smallest absolute Gasteiger partial charge is 0.239 e. The minimum atomic E-state index is -3.49. The van der Waals surface area contributed by atoms with E-state index in [-0.39, 0.29) is 17.1 Å². The summed E-state index contributed by atoms with van der Waals surface area (Å²) in [4.78, 5) is 11.3. The van der Waals surface area contributed by atoms with E-state index in [2.05, 4.69) is 10.5 Å². The zero-order chi connectivity index (χ0) is 14.6. The Morgan fingerprint density at radius 2 is 2.16 bits per heavy atom. The number of carbonyl (C=O) groups excluding carboxylic acids is 1. The summed E-state index contributed by atoms with van der Waals surface area (Å²) in [6.07, 6.45) is 0.893. The molecule has 0 aliphatic rings. The average Bonchev–Trinajstić information content (AvgIpc) is 2.28. The topological polar surface area (TPSA) is 122 Å². The molecule has 0 aliphatic heterocycles. The zero-order valence-electron chi connectivity index (χ0n) is 9.92. The van der Waals surface area contributed by atoms with E-state index in [1.54, 1.807) is 0 Å². The molecule has 0 saturated heterocycles. The predicted molar refractivity (Wildman–Crippen MR) is 67.3 cm³/mol. The van der Waals surface area contributed by atoms with Gasteiger partial charge in [0, 0.05) is 11.8 Å². The second-order valence-electron chi connectivity index (χ2n) is 3.80. The highest BCUT2D eigenvalue weighted by Crippen LogP contribution is 2.15. The molecule has 0 spiro atoms. The summed E-state index contributed by atoms with van der Waals surface area (Å²) in [5, 5.41) is 13.2. The molecule has 104 valence electrons. The van der Waals surface area contributed by atoms with Gasteiger partial charge in [0.15, 0.2) is 15.7 Å². The van der Waals surface area contributed by atoms with E-state index >= 15 is 0 Å². The van der Waals surface area contributed by atoms with Crippen molar-refractivity contribution in [2.45, 2.75) is 0 Å². The highest BCUT2D eigenvalue weighted by atomic mass is 32.2. The second-order valence-corrected chi connectivity index (χ2v) is 5.94. The van der Waals surface area contributed by atoms with E-state index in [0.29, 0.717) is 0 Å². The molecule has 0 saturated carbocycles. The third-order valence-electron chi connectivity index (χ3n) is 2.04. The predicted octanol–water partition coefficient (Wildman–Crippen LogP) is -0.0967. The van der Waals surface area contributed by atoms with Crippen molar-refractivity contribution in [2.24, 2.45) is 10.9 Å². The first-order chi connectivity index (χ1) is 8.73. The molecule has 0 radical (unpaired) electrons. The maximum Gasteiger partial charge on any atom is 0.239 e. The van der Waals surface area contributed by atoms with Crippen LogP contribution in [0.4, 0.5) is 10.1 Å². The largest absolute Gasteiger partial charge is 0.409 e. The van der Waals surface area contributed by atoms with Gasteiger partial charge in [-0.15, -0.1) is 0 Å². The van der Waals surface area contributed by atoms with Crippen LogP contribution in [0.25, 0.3) is 0 Å². The lowest BCUT2D eigenvalue weighted by Gasteiger charge is -2.07. The summed E-state index contributed by atoms with van der Waals surface area (Å²) in [5.41, 5.74) is 5.20. The van der Waals surface area contributed by atoms with Crippen molar-refractivity contribution in [1.82, 2.24) is 0 Å². The van der Waals surface area contributed by atoms with Crippen LogP contribution in [-0.4, -0.2) is 37.4 Å². The van der Waals surface area contributed by atoms with E-state index in [9.17, 15) is 17.6 Å². The number of oxime groups is 1. The third-order valence-corrected chi connectivity index (χ3v) is 2.83. The first-order valence-electron chi connectivity index (χ1n) is 4.98. The first kappa shape index (κ1) is 14.9. The molecule has 0 bridgehead atoms. The number of hydrogen-bond donors (Lipinski definition) is 3. The highest BCUT2D eigenvalue weighted by molar-refractivity contribution is 7.91. The van der Waals surface area contributed by atoms with E-state index in [1.165, 1.54) is 12.1 Å². The maximum absolute atomic E-state index is 13.6. The number of carbonyl (C=O) groups is 1. The number of sulfone groups is 1. The Labute approximate surface area is 108 Å². The van der Waals surface area contributed by atoms with E-state index in [4.69, 9.17) is 10.9 Å². The van der Waals surface area contributed by atoms with Crippen molar-refractivity contribution in [3.63, 3.8) is 0 Å². The number of amidine groups is 1. The van der Waals surface area contributed by atoms with Crippen LogP contribution in [0.1, 0.15) is 5.56 Å². The van der Waals surface area contributed by atoms with Gasteiger partial charge in [-0.25, -0.2) is 12.8 Å². The Morgan fingerprint density at radius 3 is 2.63 bits per heavy atom. The summed E-state index contributed by atoms with van der Waals surface area (Å²) < 4.78 is 35.4. The SMILES string of the molecule is CS(=O)(=O)CC(=O)Nc1ccc(/C(N)=N/O)cc1F. The molecule has 1 rings (SSSR count). The van der Waals surface area contributed by atoms with Crippen molar-refractivity contribution < 1.29 is 22.8 Å². The summed E-state index contributed by atoms with van der Waals surface area (Å²) in [6, 6.07) is 3.45. The van der Waals surface area contributed by atoms with E-state index in [0.717, 1.165) is 12.3 Å². The number of amides is 1. The first-order valence-corrected chi connectivity index (χ1v) is 7.04. The van der Waals surface area contributed by atoms with Crippen LogP contribution < -0.4 is 11.1 Å². The minimum absolute atomic E-state index is 0.126. The zero-order valence-corrected chi connectivity index (χ0v) is 10.7. The van der Waals surface area contributed by atoms with Gasteiger partial charge in [-0.1, -0.05) is 5.16 Å². The summed E-state index contributed by atoms with van der Waals surface area (Å²) >= 11 is 0. The minimum Gasteiger partial charge on any atom is -0.409 e. The van der Waals surface area contributed by atoms with Gasteiger partial charge >= 0.3 is 0 Å². The van der Waals surface area contributed by atoms with Gasteiger partial charge in [-0.05, 0) is 18.2 Å². The number of benzene rings is 1. The van der Waals surface area contributed by atoms with Crippen LogP contribution in [0, 0.1) is 5.82 Å². The van der Waals surface area contributed by atoms with Crippen LogP contribution in [0.2, 0.25) is 0 Å². The Hall–Kier alpha value is -2.16. The second kappa shape index (κ2) is 5.65. The van der Waals surface area contributed by atoms with Crippen molar-refractivity contribution in [2.75, 3.05) is 17.3 Å². The molecule has 9 heteroatoms.